The van der Waals surface area contributed by atoms with E-state index in [4.69, 9.17) is 13.9 Å². The normalized spacial score (nSPS) is 11.7. The second kappa shape index (κ2) is 9.08. The molecule has 146 valence electrons. The number of furan rings is 1. The highest BCUT2D eigenvalue weighted by molar-refractivity contribution is 5.95. The number of carbonyl (C=O) groups excluding carboxylic acids is 1. The first-order valence-corrected chi connectivity index (χ1v) is 9.19. The molecule has 0 saturated carbocycles. The summed E-state index contributed by atoms with van der Waals surface area (Å²) in [4.78, 5) is 18.5. The van der Waals surface area contributed by atoms with Crippen LogP contribution in [-0.2, 0) is 6.61 Å². The van der Waals surface area contributed by atoms with Crippen molar-refractivity contribution in [2.45, 2.75) is 26.5 Å². The molecule has 0 saturated heterocycles. The highest BCUT2D eigenvalue weighted by atomic mass is 16.5. The van der Waals surface area contributed by atoms with Gasteiger partial charge in [0.15, 0.2) is 11.5 Å². The quantitative estimate of drug-likeness (QED) is 0.576. The molecule has 6 heteroatoms. The average Bonchev–Trinajstić information content (AvgIpc) is 3.27. The van der Waals surface area contributed by atoms with Crippen LogP contribution < -0.4 is 9.47 Å². The SMILES string of the molecule is CCOc1cc(C(=O)N(C)C(C)c2ccco2)ccc1OCc1ccncc1. The number of hydrogen-bond acceptors (Lipinski definition) is 5. The first-order chi connectivity index (χ1) is 13.6. The zero-order valence-corrected chi connectivity index (χ0v) is 16.3. The van der Waals surface area contributed by atoms with E-state index in [2.05, 4.69) is 4.98 Å². The highest BCUT2D eigenvalue weighted by Gasteiger charge is 2.22. The molecule has 1 aromatic carbocycles. The lowest BCUT2D eigenvalue weighted by molar-refractivity contribution is 0.0725. The number of nitrogens with zero attached hydrogens (tertiary/aromatic N) is 2. The molecule has 0 N–H and O–H groups in total. The first kappa shape index (κ1) is 19.5. The van der Waals surface area contributed by atoms with Crippen molar-refractivity contribution in [1.29, 1.82) is 0 Å². The maximum atomic E-state index is 12.9. The van der Waals surface area contributed by atoms with Crippen molar-refractivity contribution in [2.75, 3.05) is 13.7 Å². The molecule has 0 spiro atoms. The van der Waals surface area contributed by atoms with Gasteiger partial charge in [-0.15, -0.1) is 0 Å². The van der Waals surface area contributed by atoms with E-state index in [9.17, 15) is 4.79 Å². The van der Waals surface area contributed by atoms with Crippen LogP contribution in [0.1, 0.15) is 41.6 Å². The van der Waals surface area contributed by atoms with Crippen LogP contribution in [0.15, 0.2) is 65.5 Å². The molecule has 1 amide bonds. The van der Waals surface area contributed by atoms with Crippen LogP contribution in [0.25, 0.3) is 0 Å². The fourth-order valence-corrected chi connectivity index (χ4v) is 2.77. The van der Waals surface area contributed by atoms with Crippen molar-refractivity contribution in [3.05, 3.63) is 78.0 Å². The highest BCUT2D eigenvalue weighted by Crippen LogP contribution is 2.30. The standard InChI is InChI=1S/C22H24N2O4/c1-4-26-21-14-18(22(25)24(3)16(2)19-6-5-13-27-19)7-8-20(21)28-15-17-9-11-23-12-10-17/h5-14,16H,4,15H2,1-3H3. The molecule has 28 heavy (non-hydrogen) atoms. The lowest BCUT2D eigenvalue weighted by Crippen LogP contribution is -2.29. The minimum absolute atomic E-state index is 0.120. The molecule has 1 unspecified atom stereocenters. The fraction of sp³-hybridized carbons (Fsp3) is 0.273. The van der Waals surface area contributed by atoms with Crippen molar-refractivity contribution >= 4 is 5.91 Å². The number of amides is 1. The van der Waals surface area contributed by atoms with Gasteiger partial charge in [-0.25, -0.2) is 0 Å². The number of carbonyl (C=O) groups is 1. The summed E-state index contributed by atoms with van der Waals surface area (Å²) < 4.78 is 17.0. The van der Waals surface area contributed by atoms with Gasteiger partial charge in [-0.05, 0) is 61.9 Å². The summed E-state index contributed by atoms with van der Waals surface area (Å²) >= 11 is 0. The third kappa shape index (κ3) is 4.52. The van der Waals surface area contributed by atoms with Crippen molar-refractivity contribution in [1.82, 2.24) is 9.88 Å². The number of rotatable bonds is 8. The monoisotopic (exact) mass is 380 g/mol. The Morgan fingerprint density at radius 2 is 1.93 bits per heavy atom. The minimum Gasteiger partial charge on any atom is -0.490 e. The van der Waals surface area contributed by atoms with Gasteiger partial charge in [0.1, 0.15) is 12.4 Å². The van der Waals surface area contributed by atoms with Crippen LogP contribution in [0.2, 0.25) is 0 Å². The Morgan fingerprint density at radius 3 is 2.61 bits per heavy atom. The van der Waals surface area contributed by atoms with Gasteiger partial charge in [0.2, 0.25) is 0 Å². The summed E-state index contributed by atoms with van der Waals surface area (Å²) in [5.41, 5.74) is 1.53. The van der Waals surface area contributed by atoms with E-state index in [1.165, 1.54) is 0 Å². The second-order valence-electron chi connectivity index (χ2n) is 6.35. The van der Waals surface area contributed by atoms with Gasteiger partial charge in [-0.2, -0.15) is 0 Å². The van der Waals surface area contributed by atoms with Crippen molar-refractivity contribution < 1.29 is 18.7 Å². The second-order valence-corrected chi connectivity index (χ2v) is 6.35. The van der Waals surface area contributed by atoms with E-state index < -0.39 is 0 Å². The molecule has 3 rings (SSSR count). The van der Waals surface area contributed by atoms with Crippen molar-refractivity contribution in [3.63, 3.8) is 0 Å². The molecule has 0 aliphatic rings. The van der Waals surface area contributed by atoms with E-state index in [1.807, 2.05) is 38.1 Å². The van der Waals surface area contributed by atoms with Gasteiger partial charge >= 0.3 is 0 Å². The molecule has 6 nitrogen and oxygen atoms in total. The number of hydrogen-bond donors (Lipinski definition) is 0. The molecule has 2 aromatic heterocycles. The Morgan fingerprint density at radius 1 is 1.14 bits per heavy atom. The summed E-state index contributed by atoms with van der Waals surface area (Å²) in [6.45, 7) is 4.69. The largest absolute Gasteiger partial charge is 0.490 e. The average molecular weight is 380 g/mol. The van der Waals surface area contributed by atoms with E-state index >= 15 is 0 Å². The Balaban J connectivity index is 1.76. The summed E-state index contributed by atoms with van der Waals surface area (Å²) in [6.07, 6.45) is 5.05. The Labute approximate surface area is 164 Å². The molecule has 0 fully saturated rings. The van der Waals surface area contributed by atoms with Gasteiger partial charge in [-0.3, -0.25) is 9.78 Å². The molecular weight excluding hydrogens is 356 g/mol. The Kier molecular flexibility index (Phi) is 6.32. The van der Waals surface area contributed by atoms with Crippen LogP contribution in [0.5, 0.6) is 11.5 Å². The predicted molar refractivity (Wildman–Crippen MR) is 105 cm³/mol. The van der Waals surface area contributed by atoms with Crippen LogP contribution >= 0.6 is 0 Å². The number of aromatic nitrogens is 1. The summed E-state index contributed by atoms with van der Waals surface area (Å²) in [6, 6.07) is 12.5. The van der Waals surface area contributed by atoms with E-state index in [1.54, 1.807) is 48.8 Å². The molecule has 2 heterocycles. The van der Waals surface area contributed by atoms with Crippen LogP contribution in [0.3, 0.4) is 0 Å². The van der Waals surface area contributed by atoms with E-state index in [0.29, 0.717) is 30.3 Å². The lowest BCUT2D eigenvalue weighted by atomic mass is 10.1. The van der Waals surface area contributed by atoms with Gasteiger partial charge < -0.3 is 18.8 Å². The van der Waals surface area contributed by atoms with Gasteiger partial charge in [-0.1, -0.05) is 0 Å². The number of ether oxygens (including phenoxy) is 2. The van der Waals surface area contributed by atoms with Gasteiger partial charge in [0, 0.05) is 25.0 Å². The molecule has 0 aliphatic carbocycles. The number of benzene rings is 1. The lowest BCUT2D eigenvalue weighted by Gasteiger charge is -2.24. The summed E-state index contributed by atoms with van der Waals surface area (Å²) in [5, 5.41) is 0. The molecule has 3 aromatic rings. The number of pyridine rings is 1. The smallest absolute Gasteiger partial charge is 0.254 e. The van der Waals surface area contributed by atoms with E-state index in [-0.39, 0.29) is 11.9 Å². The van der Waals surface area contributed by atoms with Gasteiger partial charge in [0.25, 0.3) is 5.91 Å². The molecule has 0 aliphatic heterocycles. The maximum Gasteiger partial charge on any atom is 0.254 e. The third-order valence-electron chi connectivity index (χ3n) is 4.49. The summed E-state index contributed by atoms with van der Waals surface area (Å²) in [5.74, 6) is 1.75. The molecule has 1 atom stereocenters. The zero-order chi connectivity index (χ0) is 19.9. The van der Waals surface area contributed by atoms with Crippen LogP contribution in [-0.4, -0.2) is 29.4 Å². The molecule has 0 radical (unpaired) electrons. The predicted octanol–water partition coefficient (Wildman–Crippen LogP) is 4.49. The van der Waals surface area contributed by atoms with Crippen molar-refractivity contribution in [2.24, 2.45) is 0 Å². The Hall–Kier alpha value is -3.28. The van der Waals surface area contributed by atoms with Crippen LogP contribution in [0.4, 0.5) is 0 Å². The van der Waals surface area contributed by atoms with E-state index in [0.717, 1.165) is 11.3 Å². The fourth-order valence-electron chi connectivity index (χ4n) is 2.77. The maximum absolute atomic E-state index is 12.9. The summed E-state index contributed by atoms with van der Waals surface area (Å²) in [7, 11) is 1.75. The van der Waals surface area contributed by atoms with Crippen LogP contribution in [0, 0.1) is 0 Å². The molecule has 0 bridgehead atoms. The van der Waals surface area contributed by atoms with Gasteiger partial charge in [0.05, 0.1) is 18.9 Å². The Bertz CT molecular complexity index is 894. The molecular formula is C22H24N2O4. The third-order valence-corrected chi connectivity index (χ3v) is 4.49. The zero-order valence-electron chi connectivity index (χ0n) is 16.3. The van der Waals surface area contributed by atoms with Crippen molar-refractivity contribution in [3.8, 4) is 11.5 Å². The minimum atomic E-state index is -0.180. The first-order valence-electron chi connectivity index (χ1n) is 9.19. The topological polar surface area (TPSA) is 64.8 Å².